The van der Waals surface area contributed by atoms with Crippen LogP contribution in [0.1, 0.15) is 52.3 Å². The highest BCUT2D eigenvalue weighted by atomic mass is 16.5. The first-order chi connectivity index (χ1) is 19.9. The minimum absolute atomic E-state index is 0.0874. The first kappa shape index (κ1) is 27.6. The maximum atomic E-state index is 10.7. The lowest BCUT2D eigenvalue weighted by Crippen LogP contribution is -2.54. The minimum Gasteiger partial charge on any atom is -0.384 e. The SMILES string of the molecule is CN1C[C@@H]2CN(c3ccc(Nc4ncc5c(n4)N(c4cccc(C(C)(C)O)n4)[C@H]4CC(C)(C)OC[C@@]54C)cc3)C[C@@H]2C1. The fourth-order valence-electron chi connectivity index (χ4n) is 7.48. The van der Waals surface area contributed by atoms with Gasteiger partial charge in [0.2, 0.25) is 5.95 Å². The Balaban J connectivity index is 1.18. The molecule has 0 bridgehead atoms. The molecule has 4 aliphatic heterocycles. The van der Waals surface area contributed by atoms with E-state index in [1.807, 2.05) is 24.4 Å². The maximum absolute atomic E-state index is 10.7. The van der Waals surface area contributed by atoms with Crippen LogP contribution in [-0.4, -0.2) is 76.4 Å². The predicted molar refractivity (Wildman–Crippen MR) is 166 cm³/mol. The molecular formula is C33H43N7O2. The molecular weight excluding hydrogens is 526 g/mol. The molecule has 222 valence electrons. The Hall–Kier alpha value is -3.27. The molecule has 3 fully saturated rings. The second-order valence-corrected chi connectivity index (χ2v) is 14.2. The van der Waals surface area contributed by atoms with E-state index in [4.69, 9.17) is 19.7 Å². The summed E-state index contributed by atoms with van der Waals surface area (Å²) in [6, 6.07) is 14.6. The van der Waals surface area contributed by atoms with Crippen molar-refractivity contribution in [1.29, 1.82) is 0 Å². The first-order valence-corrected chi connectivity index (χ1v) is 15.2. The number of pyridine rings is 1. The van der Waals surface area contributed by atoms with Crippen molar-refractivity contribution in [2.45, 2.75) is 63.7 Å². The van der Waals surface area contributed by atoms with E-state index < -0.39 is 5.60 Å². The van der Waals surface area contributed by atoms with Crippen molar-refractivity contribution in [3.8, 4) is 0 Å². The van der Waals surface area contributed by atoms with Gasteiger partial charge in [0.05, 0.1) is 23.9 Å². The van der Waals surface area contributed by atoms with Crippen LogP contribution in [0.4, 0.5) is 29.0 Å². The molecule has 0 amide bonds. The van der Waals surface area contributed by atoms with E-state index in [9.17, 15) is 5.11 Å². The molecule has 2 aromatic heterocycles. The Morgan fingerprint density at radius 2 is 1.69 bits per heavy atom. The molecule has 0 radical (unpaired) electrons. The van der Waals surface area contributed by atoms with E-state index in [1.165, 1.54) is 18.8 Å². The van der Waals surface area contributed by atoms with Crippen LogP contribution < -0.4 is 15.1 Å². The van der Waals surface area contributed by atoms with E-state index in [2.05, 4.69) is 72.1 Å². The van der Waals surface area contributed by atoms with Gasteiger partial charge in [-0.3, -0.25) is 0 Å². The molecule has 42 heavy (non-hydrogen) atoms. The molecule has 0 unspecified atom stereocenters. The summed E-state index contributed by atoms with van der Waals surface area (Å²) in [5, 5.41) is 14.2. The molecule has 4 aliphatic rings. The van der Waals surface area contributed by atoms with Gasteiger partial charge in [-0.05, 0) is 89.4 Å². The quantitative estimate of drug-likeness (QED) is 0.449. The molecule has 9 heteroatoms. The van der Waals surface area contributed by atoms with Crippen LogP contribution in [0, 0.1) is 11.8 Å². The number of fused-ring (bicyclic) bond motifs is 4. The van der Waals surface area contributed by atoms with Crippen molar-refractivity contribution in [1.82, 2.24) is 19.9 Å². The van der Waals surface area contributed by atoms with Gasteiger partial charge in [0.1, 0.15) is 17.2 Å². The third-order valence-corrected chi connectivity index (χ3v) is 9.87. The number of benzene rings is 1. The van der Waals surface area contributed by atoms with Gasteiger partial charge in [0.25, 0.3) is 0 Å². The van der Waals surface area contributed by atoms with E-state index in [0.717, 1.165) is 54.2 Å². The van der Waals surface area contributed by atoms with Gasteiger partial charge in [0, 0.05) is 54.7 Å². The minimum atomic E-state index is -1.05. The summed E-state index contributed by atoms with van der Waals surface area (Å²) in [4.78, 5) is 22.0. The average Bonchev–Trinajstić information content (AvgIpc) is 3.56. The third kappa shape index (κ3) is 4.71. The van der Waals surface area contributed by atoms with E-state index in [1.54, 1.807) is 13.8 Å². The van der Waals surface area contributed by atoms with Gasteiger partial charge in [-0.25, -0.2) is 9.97 Å². The summed E-state index contributed by atoms with van der Waals surface area (Å²) < 4.78 is 6.35. The highest BCUT2D eigenvalue weighted by molar-refractivity contribution is 5.71. The number of aromatic nitrogens is 3. The first-order valence-electron chi connectivity index (χ1n) is 15.2. The fraction of sp³-hybridized carbons (Fsp3) is 0.545. The van der Waals surface area contributed by atoms with Crippen molar-refractivity contribution in [3.63, 3.8) is 0 Å². The van der Waals surface area contributed by atoms with E-state index in [-0.39, 0.29) is 17.1 Å². The van der Waals surface area contributed by atoms with Gasteiger partial charge in [-0.1, -0.05) is 13.0 Å². The van der Waals surface area contributed by atoms with E-state index >= 15 is 0 Å². The van der Waals surface area contributed by atoms with Crippen LogP contribution in [0.15, 0.2) is 48.7 Å². The maximum Gasteiger partial charge on any atom is 0.229 e. The molecule has 0 aliphatic carbocycles. The smallest absolute Gasteiger partial charge is 0.229 e. The van der Waals surface area contributed by atoms with Crippen LogP contribution in [0.2, 0.25) is 0 Å². The Kier molecular flexibility index (Phi) is 6.31. The Morgan fingerprint density at radius 3 is 2.38 bits per heavy atom. The highest BCUT2D eigenvalue weighted by Gasteiger charge is 2.55. The zero-order chi connectivity index (χ0) is 29.4. The van der Waals surface area contributed by atoms with Gasteiger partial charge in [-0.2, -0.15) is 4.98 Å². The molecule has 1 aromatic carbocycles. The second-order valence-electron chi connectivity index (χ2n) is 14.2. The normalized spacial score (nSPS) is 28.5. The van der Waals surface area contributed by atoms with Crippen LogP contribution in [0.3, 0.4) is 0 Å². The summed E-state index contributed by atoms with van der Waals surface area (Å²) in [6.45, 7) is 15.3. The standard InChI is InChI=1S/C33H43N7O2/c1-31(2)14-27-33(5,20-42-31)25-15-34-30(37-29(25)40(27)28-9-7-8-26(36-28)32(3,4)41)35-23-10-12-24(13-11-23)39-18-21-16-38(6)17-22(21)19-39/h7-13,15,21-22,27,41H,14,16-20H2,1-6H3,(H,34,35,37)/t21-,22+,27-,33-/m0/s1. The number of likely N-dealkylation sites (tertiary alicyclic amines) is 1. The highest BCUT2D eigenvalue weighted by Crippen LogP contribution is 2.53. The fourth-order valence-corrected chi connectivity index (χ4v) is 7.48. The van der Waals surface area contributed by atoms with Crippen molar-refractivity contribution in [2.24, 2.45) is 11.8 Å². The topological polar surface area (TPSA) is 89.9 Å². The van der Waals surface area contributed by atoms with Crippen molar-refractivity contribution < 1.29 is 9.84 Å². The van der Waals surface area contributed by atoms with Crippen molar-refractivity contribution in [2.75, 3.05) is 55.0 Å². The van der Waals surface area contributed by atoms with Crippen LogP contribution >= 0.6 is 0 Å². The Bertz CT molecular complexity index is 1470. The summed E-state index contributed by atoms with van der Waals surface area (Å²) in [5.41, 5.74) is 2.30. The number of hydrogen-bond acceptors (Lipinski definition) is 9. The lowest BCUT2D eigenvalue weighted by atomic mass is 9.73. The van der Waals surface area contributed by atoms with Crippen molar-refractivity contribution in [3.05, 3.63) is 59.9 Å². The van der Waals surface area contributed by atoms with Gasteiger partial charge in [0.15, 0.2) is 0 Å². The molecule has 0 saturated carbocycles. The number of ether oxygens (including phenoxy) is 1. The number of aliphatic hydroxyl groups is 1. The molecule has 2 N–H and O–H groups in total. The van der Waals surface area contributed by atoms with E-state index in [0.29, 0.717) is 18.2 Å². The predicted octanol–water partition coefficient (Wildman–Crippen LogP) is 4.82. The number of anilines is 5. The lowest BCUT2D eigenvalue weighted by Gasteiger charge is -2.46. The number of hydrogen-bond donors (Lipinski definition) is 2. The summed E-state index contributed by atoms with van der Waals surface area (Å²) in [7, 11) is 2.23. The van der Waals surface area contributed by atoms with Gasteiger partial charge < -0.3 is 29.9 Å². The van der Waals surface area contributed by atoms with Crippen LogP contribution in [-0.2, 0) is 15.8 Å². The number of nitrogens with zero attached hydrogens (tertiary/aromatic N) is 6. The zero-order valence-corrected chi connectivity index (χ0v) is 25.6. The lowest BCUT2D eigenvalue weighted by molar-refractivity contribution is -0.0893. The molecule has 3 saturated heterocycles. The molecule has 3 aromatic rings. The number of rotatable bonds is 5. The Labute approximate surface area is 248 Å². The summed E-state index contributed by atoms with van der Waals surface area (Å²) >= 11 is 0. The summed E-state index contributed by atoms with van der Waals surface area (Å²) in [5.74, 6) is 3.71. The van der Waals surface area contributed by atoms with Crippen LogP contribution in [0.25, 0.3) is 0 Å². The molecule has 6 heterocycles. The largest absolute Gasteiger partial charge is 0.384 e. The molecule has 7 rings (SSSR count). The van der Waals surface area contributed by atoms with Crippen LogP contribution in [0.5, 0.6) is 0 Å². The Morgan fingerprint density at radius 1 is 0.976 bits per heavy atom. The zero-order valence-electron chi connectivity index (χ0n) is 25.6. The molecule has 4 atom stereocenters. The molecule has 9 nitrogen and oxygen atoms in total. The second kappa shape index (κ2) is 9.62. The van der Waals surface area contributed by atoms with Gasteiger partial charge in [-0.15, -0.1) is 0 Å². The number of nitrogens with one attached hydrogen (secondary N) is 1. The van der Waals surface area contributed by atoms with Gasteiger partial charge >= 0.3 is 0 Å². The average molecular weight is 570 g/mol. The summed E-state index contributed by atoms with van der Waals surface area (Å²) in [6.07, 6.45) is 2.76. The molecule has 0 spiro atoms. The third-order valence-electron chi connectivity index (χ3n) is 9.87. The van der Waals surface area contributed by atoms with Crippen molar-refractivity contribution >= 4 is 29.0 Å². The monoisotopic (exact) mass is 569 g/mol.